The van der Waals surface area contributed by atoms with Gasteiger partial charge in [0.1, 0.15) is 10.7 Å². The smallest absolute Gasteiger partial charge is 0.339 e. The van der Waals surface area contributed by atoms with Crippen LogP contribution >= 0.6 is 34.8 Å². The number of nitrogens with one attached hydrogen (secondary N) is 1. The van der Waals surface area contributed by atoms with Crippen LogP contribution in [0.25, 0.3) is 10.9 Å². The zero-order valence-electron chi connectivity index (χ0n) is 7.14. The fourth-order valence-corrected chi connectivity index (χ4v) is 2.22. The van der Waals surface area contributed by atoms with Crippen LogP contribution in [0.4, 0.5) is 0 Å². The van der Waals surface area contributed by atoms with Gasteiger partial charge < -0.3 is 10.1 Å². The van der Waals surface area contributed by atoms with Crippen LogP contribution in [0.15, 0.2) is 12.1 Å². The summed E-state index contributed by atoms with van der Waals surface area (Å²) in [5, 5.41) is 10.1. The first kappa shape index (κ1) is 10.6. The number of aromatic amines is 1. The lowest BCUT2D eigenvalue weighted by atomic mass is 10.2. The van der Waals surface area contributed by atoms with E-state index in [2.05, 4.69) is 4.98 Å². The van der Waals surface area contributed by atoms with E-state index in [4.69, 9.17) is 39.9 Å². The van der Waals surface area contributed by atoms with Crippen LogP contribution in [0.3, 0.4) is 0 Å². The zero-order chi connectivity index (χ0) is 11.2. The molecule has 0 saturated heterocycles. The quantitative estimate of drug-likeness (QED) is 0.822. The van der Waals surface area contributed by atoms with Gasteiger partial charge in [0, 0.05) is 10.4 Å². The van der Waals surface area contributed by atoms with Crippen molar-refractivity contribution in [1.29, 1.82) is 0 Å². The fourth-order valence-electron chi connectivity index (χ4n) is 1.40. The van der Waals surface area contributed by atoms with E-state index in [1.807, 2.05) is 0 Å². The van der Waals surface area contributed by atoms with Gasteiger partial charge in [0.05, 0.1) is 10.5 Å². The van der Waals surface area contributed by atoms with Crippen LogP contribution in [0, 0.1) is 0 Å². The minimum absolute atomic E-state index is 0.0175. The molecule has 0 atom stereocenters. The molecule has 2 rings (SSSR count). The number of carboxylic acids is 1. The Kier molecular flexibility index (Phi) is 2.54. The molecule has 0 saturated carbocycles. The second kappa shape index (κ2) is 3.59. The highest BCUT2D eigenvalue weighted by Crippen LogP contribution is 2.33. The molecule has 78 valence electrons. The maximum absolute atomic E-state index is 10.9. The van der Waals surface area contributed by atoms with E-state index in [0.29, 0.717) is 20.9 Å². The van der Waals surface area contributed by atoms with Gasteiger partial charge in [-0.25, -0.2) is 4.79 Å². The van der Waals surface area contributed by atoms with Gasteiger partial charge in [-0.2, -0.15) is 0 Å². The minimum Gasteiger partial charge on any atom is -0.478 e. The maximum Gasteiger partial charge on any atom is 0.339 e. The number of H-pyrrole nitrogens is 1. The van der Waals surface area contributed by atoms with Crippen LogP contribution in [0.5, 0.6) is 0 Å². The normalized spacial score (nSPS) is 10.9. The number of hydrogen-bond donors (Lipinski definition) is 2. The summed E-state index contributed by atoms with van der Waals surface area (Å²) in [6.45, 7) is 0. The second-order valence-corrected chi connectivity index (χ2v) is 4.15. The Hall–Kier alpha value is -0.900. The number of aromatic carboxylic acids is 1. The first-order valence-corrected chi connectivity index (χ1v) is 5.03. The number of hydrogen-bond acceptors (Lipinski definition) is 1. The first-order chi connectivity index (χ1) is 7.00. The maximum atomic E-state index is 10.9. The van der Waals surface area contributed by atoms with Crippen molar-refractivity contribution in [3.05, 3.63) is 32.9 Å². The van der Waals surface area contributed by atoms with Crippen molar-refractivity contribution >= 4 is 51.7 Å². The van der Waals surface area contributed by atoms with Crippen molar-refractivity contribution in [3.63, 3.8) is 0 Å². The van der Waals surface area contributed by atoms with Crippen molar-refractivity contribution in [1.82, 2.24) is 4.98 Å². The van der Waals surface area contributed by atoms with E-state index < -0.39 is 5.97 Å². The average Bonchev–Trinajstić information content (AvgIpc) is 2.41. The monoisotopic (exact) mass is 263 g/mol. The Balaban J connectivity index is 2.93. The Bertz CT molecular complexity index is 562. The second-order valence-electron chi connectivity index (χ2n) is 2.93. The number of rotatable bonds is 1. The summed E-state index contributed by atoms with van der Waals surface area (Å²) in [7, 11) is 0. The molecule has 0 aliphatic carbocycles. The van der Waals surface area contributed by atoms with E-state index in [9.17, 15) is 4.79 Å². The molecule has 2 N–H and O–H groups in total. The Morgan fingerprint density at radius 2 is 1.93 bits per heavy atom. The molecule has 6 heteroatoms. The lowest BCUT2D eigenvalue weighted by Gasteiger charge is -1.96. The van der Waals surface area contributed by atoms with Crippen molar-refractivity contribution in [2.45, 2.75) is 0 Å². The number of carbonyl (C=O) groups is 1. The van der Waals surface area contributed by atoms with Crippen LogP contribution in [0.1, 0.15) is 10.4 Å². The van der Waals surface area contributed by atoms with Gasteiger partial charge in [0.25, 0.3) is 0 Å². The Morgan fingerprint density at radius 1 is 1.27 bits per heavy atom. The molecule has 0 radical (unpaired) electrons. The van der Waals surface area contributed by atoms with Gasteiger partial charge in [-0.05, 0) is 12.1 Å². The van der Waals surface area contributed by atoms with Crippen molar-refractivity contribution in [2.75, 3.05) is 0 Å². The highest BCUT2D eigenvalue weighted by atomic mass is 35.5. The molecule has 0 aliphatic rings. The first-order valence-electron chi connectivity index (χ1n) is 3.90. The Morgan fingerprint density at radius 3 is 2.53 bits per heavy atom. The Labute approximate surface area is 99.6 Å². The number of benzene rings is 1. The molecule has 0 spiro atoms. The predicted molar refractivity (Wildman–Crippen MR) is 60.3 cm³/mol. The lowest BCUT2D eigenvalue weighted by Crippen LogP contribution is -1.94. The summed E-state index contributed by atoms with van der Waals surface area (Å²) < 4.78 is 0. The highest BCUT2D eigenvalue weighted by Gasteiger charge is 2.18. The summed E-state index contributed by atoms with van der Waals surface area (Å²) in [6, 6.07) is 3.03. The molecule has 0 unspecified atom stereocenters. The summed E-state index contributed by atoms with van der Waals surface area (Å²) in [6.07, 6.45) is 0. The molecule has 0 bridgehead atoms. The van der Waals surface area contributed by atoms with Crippen molar-refractivity contribution in [3.8, 4) is 0 Å². The summed E-state index contributed by atoms with van der Waals surface area (Å²) in [5.74, 6) is -1.12. The largest absolute Gasteiger partial charge is 0.478 e. The fraction of sp³-hybridized carbons (Fsp3) is 0. The molecule has 0 aliphatic heterocycles. The molecule has 0 fully saturated rings. The SMILES string of the molecule is O=C(O)c1c(Cl)[nH]c2c(Cl)cc(Cl)cc12. The third kappa shape index (κ3) is 1.67. The summed E-state index contributed by atoms with van der Waals surface area (Å²) >= 11 is 17.4. The lowest BCUT2D eigenvalue weighted by molar-refractivity contribution is 0.0699. The summed E-state index contributed by atoms with van der Waals surface area (Å²) in [4.78, 5) is 13.6. The predicted octanol–water partition coefficient (Wildman–Crippen LogP) is 3.83. The number of aromatic nitrogens is 1. The molecule has 1 heterocycles. The molecule has 3 nitrogen and oxygen atoms in total. The molecular weight excluding hydrogens is 260 g/mol. The number of carboxylic acid groups (broad SMARTS) is 1. The number of fused-ring (bicyclic) bond motifs is 1. The van der Waals surface area contributed by atoms with Crippen LogP contribution in [-0.2, 0) is 0 Å². The topological polar surface area (TPSA) is 53.1 Å². The highest BCUT2D eigenvalue weighted by molar-refractivity contribution is 6.41. The third-order valence-electron chi connectivity index (χ3n) is 1.99. The molecular formula is C9H4Cl3NO2. The van der Waals surface area contributed by atoms with E-state index in [-0.39, 0.29) is 10.7 Å². The van der Waals surface area contributed by atoms with Crippen LogP contribution in [0.2, 0.25) is 15.2 Å². The summed E-state index contributed by atoms with van der Waals surface area (Å²) in [5.41, 5.74) is 0.458. The van der Waals surface area contributed by atoms with E-state index >= 15 is 0 Å². The van der Waals surface area contributed by atoms with Gasteiger partial charge in [0.2, 0.25) is 0 Å². The average molecular weight is 264 g/mol. The van der Waals surface area contributed by atoms with E-state index in [1.54, 1.807) is 0 Å². The van der Waals surface area contributed by atoms with E-state index in [1.165, 1.54) is 12.1 Å². The molecule has 1 aromatic heterocycles. The van der Waals surface area contributed by atoms with Crippen molar-refractivity contribution in [2.24, 2.45) is 0 Å². The minimum atomic E-state index is -1.12. The van der Waals surface area contributed by atoms with Crippen molar-refractivity contribution < 1.29 is 9.90 Å². The zero-order valence-corrected chi connectivity index (χ0v) is 9.41. The third-order valence-corrected chi connectivity index (χ3v) is 2.79. The van der Waals surface area contributed by atoms with Crippen LogP contribution in [-0.4, -0.2) is 16.1 Å². The van der Waals surface area contributed by atoms with Gasteiger partial charge >= 0.3 is 5.97 Å². The number of halogens is 3. The van der Waals surface area contributed by atoms with Gasteiger partial charge in [-0.1, -0.05) is 34.8 Å². The van der Waals surface area contributed by atoms with Gasteiger partial charge in [-0.15, -0.1) is 0 Å². The molecule has 15 heavy (non-hydrogen) atoms. The van der Waals surface area contributed by atoms with Crippen LogP contribution < -0.4 is 0 Å². The molecule has 2 aromatic rings. The van der Waals surface area contributed by atoms with Gasteiger partial charge in [-0.3, -0.25) is 0 Å². The van der Waals surface area contributed by atoms with Gasteiger partial charge in [0.15, 0.2) is 0 Å². The standard InChI is InChI=1S/C9H4Cl3NO2/c10-3-1-4-6(9(14)15)8(12)13-7(4)5(11)2-3/h1-2,13H,(H,14,15). The molecule has 1 aromatic carbocycles. The molecule has 0 amide bonds. The van der Waals surface area contributed by atoms with E-state index in [0.717, 1.165) is 0 Å².